The first-order chi connectivity index (χ1) is 11.5. The van der Waals surface area contributed by atoms with E-state index in [0.29, 0.717) is 12.4 Å². The highest BCUT2D eigenvalue weighted by Crippen LogP contribution is 2.38. The van der Waals surface area contributed by atoms with Crippen LogP contribution >= 0.6 is 34.2 Å². The fourth-order valence-corrected chi connectivity index (χ4v) is 2.98. The molecule has 0 aliphatic heterocycles. The van der Waals surface area contributed by atoms with Crippen LogP contribution < -0.4 is 9.47 Å². The highest BCUT2D eigenvalue weighted by atomic mass is 127. The molecular formula is C18H17ClFIO3. The zero-order valence-electron chi connectivity index (χ0n) is 13.4. The fourth-order valence-electron chi connectivity index (χ4n) is 2.10. The van der Waals surface area contributed by atoms with Crippen molar-refractivity contribution in [2.24, 2.45) is 0 Å². The molecule has 0 fully saturated rings. The second-order valence-electron chi connectivity index (χ2n) is 5.18. The molecule has 0 amide bonds. The molecule has 0 aromatic heterocycles. The van der Waals surface area contributed by atoms with E-state index in [2.05, 4.69) is 0 Å². The van der Waals surface area contributed by atoms with Crippen molar-refractivity contribution >= 4 is 40.2 Å². The minimum absolute atomic E-state index is 0.0258. The number of hydrogen-bond donors (Lipinski definition) is 0. The summed E-state index contributed by atoms with van der Waals surface area (Å²) in [6, 6.07) is 8.60. The van der Waals surface area contributed by atoms with Crippen LogP contribution in [0, 0.1) is 16.3 Å². The van der Waals surface area contributed by atoms with Crippen molar-refractivity contribution in [1.29, 1.82) is 0 Å². The largest absolute Gasteiger partial charge is 0.491 e. The van der Waals surface area contributed by atoms with E-state index in [9.17, 15) is 9.18 Å². The molecule has 128 valence electrons. The summed E-state index contributed by atoms with van der Waals surface area (Å²) in [5.74, 6) is -0.684. The first-order valence-electron chi connectivity index (χ1n) is 7.54. The van der Waals surface area contributed by atoms with E-state index in [1.54, 1.807) is 46.9 Å². The highest BCUT2D eigenvalue weighted by molar-refractivity contribution is 14.1. The average Bonchev–Trinajstić information content (AvgIpc) is 2.58. The van der Waals surface area contributed by atoms with Gasteiger partial charge >= 0.3 is 5.97 Å². The van der Waals surface area contributed by atoms with Crippen LogP contribution in [0.3, 0.4) is 0 Å². The van der Waals surface area contributed by atoms with Crippen molar-refractivity contribution in [2.45, 2.75) is 26.7 Å². The number of ether oxygens (including phenoxy) is 2. The molecule has 0 aliphatic rings. The van der Waals surface area contributed by atoms with Crippen molar-refractivity contribution in [1.82, 2.24) is 0 Å². The standard InChI is InChI=1S/C18H17ClFIO3/c1-3-4-10-23-17-13(11(2)15(20)16(21)14(17)19)18(22)24-12-8-6-5-7-9-12/h5-9H,3-4,10H2,1-2H3. The number of rotatable bonds is 6. The maximum atomic E-state index is 14.4. The van der Waals surface area contributed by atoms with Gasteiger partial charge in [-0.25, -0.2) is 9.18 Å². The Hall–Kier alpha value is -1.34. The molecule has 2 aromatic rings. The van der Waals surface area contributed by atoms with Crippen molar-refractivity contribution in [3.63, 3.8) is 0 Å². The second kappa shape index (κ2) is 8.67. The number of unbranched alkanes of at least 4 members (excludes halogenated alkanes) is 1. The van der Waals surface area contributed by atoms with Gasteiger partial charge in [0.1, 0.15) is 17.1 Å². The number of hydrogen-bond acceptors (Lipinski definition) is 3. The summed E-state index contributed by atoms with van der Waals surface area (Å²) in [6.07, 6.45) is 1.73. The molecule has 0 heterocycles. The quantitative estimate of drug-likeness (QED) is 0.179. The molecule has 0 radical (unpaired) electrons. The van der Waals surface area contributed by atoms with Gasteiger partial charge < -0.3 is 9.47 Å². The predicted molar refractivity (Wildman–Crippen MR) is 101 cm³/mol. The van der Waals surface area contributed by atoms with Gasteiger partial charge in [0, 0.05) is 5.56 Å². The zero-order chi connectivity index (χ0) is 17.7. The number of carbonyl (C=O) groups is 1. The number of benzene rings is 2. The lowest BCUT2D eigenvalue weighted by molar-refractivity contribution is 0.0728. The maximum Gasteiger partial charge on any atom is 0.347 e. The maximum absolute atomic E-state index is 14.4. The van der Waals surface area contributed by atoms with Crippen LogP contribution in [0.25, 0.3) is 0 Å². The summed E-state index contributed by atoms with van der Waals surface area (Å²) in [5, 5.41) is 0.0924. The van der Waals surface area contributed by atoms with E-state index >= 15 is 0 Å². The smallest absolute Gasteiger partial charge is 0.347 e. The van der Waals surface area contributed by atoms with Crippen molar-refractivity contribution in [3.05, 3.63) is 55.9 Å². The molecule has 6 heteroatoms. The van der Waals surface area contributed by atoms with Crippen LogP contribution in [0.2, 0.25) is 5.02 Å². The Morgan fingerprint density at radius 3 is 2.58 bits per heavy atom. The van der Waals surface area contributed by atoms with E-state index < -0.39 is 11.8 Å². The van der Waals surface area contributed by atoms with Crippen LogP contribution in [-0.4, -0.2) is 12.6 Å². The van der Waals surface area contributed by atoms with E-state index in [-0.39, 0.29) is 25.5 Å². The van der Waals surface area contributed by atoms with Gasteiger partial charge in [0.25, 0.3) is 0 Å². The Labute approximate surface area is 159 Å². The van der Waals surface area contributed by atoms with Gasteiger partial charge in [-0.2, -0.15) is 0 Å². The number of para-hydroxylation sites is 1. The van der Waals surface area contributed by atoms with E-state index in [1.807, 2.05) is 13.0 Å². The monoisotopic (exact) mass is 462 g/mol. The SMILES string of the molecule is CCCCOc1c(Cl)c(I)c(F)c(C)c1C(=O)Oc1ccccc1. The lowest BCUT2D eigenvalue weighted by Gasteiger charge is -2.17. The third kappa shape index (κ3) is 4.19. The Balaban J connectivity index is 2.44. The van der Waals surface area contributed by atoms with Gasteiger partial charge in [-0.05, 0) is 48.1 Å². The second-order valence-corrected chi connectivity index (χ2v) is 6.63. The van der Waals surface area contributed by atoms with Gasteiger partial charge in [0.2, 0.25) is 0 Å². The van der Waals surface area contributed by atoms with Gasteiger partial charge in [0.15, 0.2) is 5.75 Å². The van der Waals surface area contributed by atoms with Crippen LogP contribution in [-0.2, 0) is 0 Å². The average molecular weight is 463 g/mol. The van der Waals surface area contributed by atoms with E-state index in [0.717, 1.165) is 12.8 Å². The van der Waals surface area contributed by atoms with Gasteiger partial charge in [0.05, 0.1) is 15.2 Å². The minimum atomic E-state index is -0.692. The molecule has 0 saturated heterocycles. The molecule has 24 heavy (non-hydrogen) atoms. The molecule has 0 spiro atoms. The predicted octanol–water partition coefficient (Wildman–Crippen LogP) is 5.79. The summed E-state index contributed by atoms with van der Waals surface area (Å²) >= 11 is 8.03. The third-order valence-corrected chi connectivity index (χ3v) is 5.11. The summed E-state index contributed by atoms with van der Waals surface area (Å²) in [7, 11) is 0. The molecule has 3 nitrogen and oxygen atoms in total. The van der Waals surface area contributed by atoms with E-state index in [1.165, 1.54) is 6.92 Å². The molecule has 2 rings (SSSR count). The first kappa shape index (κ1) is 19.0. The lowest BCUT2D eigenvalue weighted by Crippen LogP contribution is -2.15. The summed E-state index contributed by atoms with van der Waals surface area (Å²) in [5.41, 5.74) is 0.189. The van der Waals surface area contributed by atoms with Crippen LogP contribution in [0.1, 0.15) is 35.7 Å². The molecule has 0 atom stereocenters. The number of esters is 1. The van der Waals surface area contributed by atoms with Crippen molar-refractivity contribution in [3.8, 4) is 11.5 Å². The third-order valence-electron chi connectivity index (χ3n) is 3.42. The minimum Gasteiger partial charge on any atom is -0.491 e. The molecule has 0 bridgehead atoms. The summed E-state index contributed by atoms with van der Waals surface area (Å²) in [6.45, 7) is 3.93. The zero-order valence-corrected chi connectivity index (χ0v) is 16.3. The first-order valence-corrected chi connectivity index (χ1v) is 9.00. The topological polar surface area (TPSA) is 35.5 Å². The summed E-state index contributed by atoms with van der Waals surface area (Å²) in [4.78, 5) is 12.6. The molecule has 0 aliphatic carbocycles. The molecule has 0 N–H and O–H groups in total. The molecular weight excluding hydrogens is 446 g/mol. The Kier molecular flexibility index (Phi) is 6.86. The Bertz CT molecular complexity index is 735. The van der Waals surface area contributed by atoms with Gasteiger partial charge in [-0.1, -0.05) is 43.1 Å². The normalized spacial score (nSPS) is 10.5. The van der Waals surface area contributed by atoms with Crippen LogP contribution in [0.15, 0.2) is 30.3 Å². The number of carbonyl (C=O) groups excluding carboxylic acids is 1. The van der Waals surface area contributed by atoms with Gasteiger partial charge in [-0.3, -0.25) is 0 Å². The number of halogens is 3. The Morgan fingerprint density at radius 2 is 1.96 bits per heavy atom. The van der Waals surface area contributed by atoms with Crippen molar-refractivity contribution in [2.75, 3.05) is 6.61 Å². The fraction of sp³-hybridized carbons (Fsp3) is 0.278. The van der Waals surface area contributed by atoms with Gasteiger partial charge in [-0.15, -0.1) is 0 Å². The Morgan fingerprint density at radius 1 is 1.29 bits per heavy atom. The summed E-state index contributed by atoms with van der Waals surface area (Å²) < 4.78 is 25.6. The van der Waals surface area contributed by atoms with Crippen LogP contribution in [0.5, 0.6) is 11.5 Å². The highest BCUT2D eigenvalue weighted by Gasteiger charge is 2.27. The van der Waals surface area contributed by atoms with Crippen molar-refractivity contribution < 1.29 is 18.7 Å². The lowest BCUT2D eigenvalue weighted by atomic mass is 10.1. The van der Waals surface area contributed by atoms with Crippen LogP contribution in [0.4, 0.5) is 4.39 Å². The molecule has 2 aromatic carbocycles. The molecule has 0 saturated carbocycles. The molecule has 0 unspecified atom stereocenters. The van der Waals surface area contributed by atoms with E-state index in [4.69, 9.17) is 21.1 Å².